The maximum absolute atomic E-state index is 12.5. The third-order valence-corrected chi connectivity index (χ3v) is 5.56. The van der Waals surface area contributed by atoms with Gasteiger partial charge in [0.1, 0.15) is 15.7 Å². The van der Waals surface area contributed by atoms with Crippen LogP contribution in [0.4, 0.5) is 5.00 Å². The highest BCUT2D eigenvalue weighted by molar-refractivity contribution is 7.19. The van der Waals surface area contributed by atoms with Gasteiger partial charge in [-0.25, -0.2) is 4.98 Å². The van der Waals surface area contributed by atoms with E-state index in [-0.39, 0.29) is 5.91 Å². The van der Waals surface area contributed by atoms with Gasteiger partial charge >= 0.3 is 0 Å². The number of nitrogens with one attached hydrogen (secondary N) is 1. The number of anilines is 1. The Bertz CT molecular complexity index is 977. The van der Waals surface area contributed by atoms with Gasteiger partial charge in [-0.15, -0.1) is 11.3 Å². The molecule has 25 heavy (non-hydrogen) atoms. The fourth-order valence-corrected chi connectivity index (χ4v) is 4.08. The minimum atomic E-state index is -0.101. The minimum absolute atomic E-state index is 0.101. The lowest BCUT2D eigenvalue weighted by molar-refractivity contribution is 0.103. The number of benzene rings is 2. The molecular formula is C20H14N2OS2. The largest absolute Gasteiger partial charge is 0.311 e. The maximum atomic E-state index is 12.5. The first-order chi connectivity index (χ1) is 12.3. The molecule has 2 aromatic carbocycles. The first-order valence-electron chi connectivity index (χ1n) is 7.78. The Balaban J connectivity index is 1.76. The molecule has 0 fully saturated rings. The van der Waals surface area contributed by atoms with E-state index >= 15 is 0 Å². The van der Waals surface area contributed by atoms with Gasteiger partial charge in [-0.3, -0.25) is 4.79 Å². The molecule has 0 atom stereocenters. The second-order valence-electron chi connectivity index (χ2n) is 5.36. The topological polar surface area (TPSA) is 42.0 Å². The first kappa shape index (κ1) is 15.7. The molecule has 0 aliphatic heterocycles. The molecule has 0 aliphatic carbocycles. The zero-order chi connectivity index (χ0) is 17.1. The van der Waals surface area contributed by atoms with Crippen molar-refractivity contribution in [3.05, 3.63) is 83.1 Å². The van der Waals surface area contributed by atoms with Gasteiger partial charge in [0, 0.05) is 11.1 Å². The van der Waals surface area contributed by atoms with E-state index in [1.54, 1.807) is 0 Å². The van der Waals surface area contributed by atoms with Crippen molar-refractivity contribution in [3.63, 3.8) is 0 Å². The number of nitrogens with zero attached hydrogens (tertiary/aromatic N) is 1. The van der Waals surface area contributed by atoms with Crippen LogP contribution in [0.5, 0.6) is 0 Å². The van der Waals surface area contributed by atoms with Crippen LogP contribution in [0.25, 0.3) is 21.8 Å². The molecule has 2 aromatic heterocycles. The molecule has 0 saturated carbocycles. The molecule has 0 saturated heterocycles. The predicted octanol–water partition coefficient (Wildman–Crippen LogP) is 5.79. The Morgan fingerprint density at radius 2 is 1.52 bits per heavy atom. The van der Waals surface area contributed by atoms with Gasteiger partial charge in [-0.05, 0) is 11.4 Å². The van der Waals surface area contributed by atoms with Crippen LogP contribution < -0.4 is 5.32 Å². The normalized spacial score (nSPS) is 10.6. The summed E-state index contributed by atoms with van der Waals surface area (Å²) in [6, 6.07) is 23.6. The van der Waals surface area contributed by atoms with Gasteiger partial charge in [-0.2, -0.15) is 0 Å². The Kier molecular flexibility index (Phi) is 4.41. The third kappa shape index (κ3) is 3.38. The Morgan fingerprint density at radius 1 is 0.840 bits per heavy atom. The standard InChI is InChI=1S/C20H14N2OS2/c23-18(16-12-7-13-24-16)22-20-17(14-8-3-1-4-9-14)21-19(25-20)15-10-5-2-6-11-15/h1-13H,(H,22,23). The number of thiazole rings is 1. The monoisotopic (exact) mass is 362 g/mol. The average Bonchev–Trinajstić information content (AvgIpc) is 3.33. The Morgan fingerprint density at radius 3 is 2.16 bits per heavy atom. The second kappa shape index (κ2) is 7.01. The predicted molar refractivity (Wildman–Crippen MR) is 105 cm³/mol. The van der Waals surface area contributed by atoms with E-state index in [0.29, 0.717) is 4.88 Å². The Labute approximate surface area is 153 Å². The number of rotatable bonds is 4. The van der Waals surface area contributed by atoms with Gasteiger partial charge in [0.05, 0.1) is 4.88 Å². The van der Waals surface area contributed by atoms with E-state index < -0.39 is 0 Å². The van der Waals surface area contributed by atoms with E-state index in [0.717, 1.165) is 26.8 Å². The van der Waals surface area contributed by atoms with Gasteiger partial charge in [0.15, 0.2) is 0 Å². The summed E-state index contributed by atoms with van der Waals surface area (Å²) in [5.41, 5.74) is 2.83. The van der Waals surface area contributed by atoms with Crippen LogP contribution in [-0.4, -0.2) is 10.9 Å². The van der Waals surface area contributed by atoms with Gasteiger partial charge < -0.3 is 5.32 Å². The van der Waals surface area contributed by atoms with Crippen molar-refractivity contribution in [1.82, 2.24) is 4.98 Å². The number of carbonyl (C=O) groups excluding carboxylic acids is 1. The molecule has 2 heterocycles. The molecule has 5 heteroatoms. The van der Waals surface area contributed by atoms with Gasteiger partial charge in [0.2, 0.25) is 0 Å². The molecule has 0 spiro atoms. The van der Waals surface area contributed by atoms with Crippen LogP contribution in [-0.2, 0) is 0 Å². The van der Waals surface area contributed by atoms with Crippen molar-refractivity contribution in [2.45, 2.75) is 0 Å². The van der Waals surface area contributed by atoms with Crippen molar-refractivity contribution in [2.75, 3.05) is 5.32 Å². The van der Waals surface area contributed by atoms with Crippen molar-refractivity contribution < 1.29 is 4.79 Å². The van der Waals surface area contributed by atoms with E-state index in [1.807, 2.05) is 78.2 Å². The summed E-state index contributed by atoms with van der Waals surface area (Å²) in [6.07, 6.45) is 0. The van der Waals surface area contributed by atoms with Crippen LogP contribution in [0.3, 0.4) is 0 Å². The third-order valence-electron chi connectivity index (χ3n) is 3.67. The molecular weight excluding hydrogens is 348 g/mol. The summed E-state index contributed by atoms with van der Waals surface area (Å²) < 4.78 is 0. The van der Waals surface area contributed by atoms with Crippen molar-refractivity contribution in [2.24, 2.45) is 0 Å². The van der Waals surface area contributed by atoms with Crippen molar-refractivity contribution in [3.8, 4) is 21.8 Å². The first-order valence-corrected chi connectivity index (χ1v) is 9.47. The zero-order valence-electron chi connectivity index (χ0n) is 13.2. The van der Waals surface area contributed by atoms with Crippen molar-refractivity contribution in [1.29, 1.82) is 0 Å². The molecule has 4 rings (SSSR count). The molecule has 3 nitrogen and oxygen atoms in total. The molecule has 122 valence electrons. The number of carbonyl (C=O) groups is 1. The maximum Gasteiger partial charge on any atom is 0.266 e. The minimum Gasteiger partial charge on any atom is -0.311 e. The lowest BCUT2D eigenvalue weighted by Crippen LogP contribution is -2.09. The van der Waals surface area contributed by atoms with Crippen LogP contribution in [0.15, 0.2) is 78.2 Å². The van der Waals surface area contributed by atoms with Crippen LogP contribution in [0, 0.1) is 0 Å². The highest BCUT2D eigenvalue weighted by atomic mass is 32.1. The summed E-state index contributed by atoms with van der Waals surface area (Å²) in [5.74, 6) is -0.101. The average molecular weight is 362 g/mol. The molecule has 0 aliphatic rings. The molecule has 1 amide bonds. The number of thiophene rings is 1. The fourth-order valence-electron chi connectivity index (χ4n) is 2.47. The van der Waals surface area contributed by atoms with Crippen LogP contribution in [0.2, 0.25) is 0 Å². The smallest absolute Gasteiger partial charge is 0.266 e. The second-order valence-corrected chi connectivity index (χ2v) is 7.31. The molecule has 1 N–H and O–H groups in total. The summed E-state index contributed by atoms with van der Waals surface area (Å²) in [4.78, 5) is 18.0. The molecule has 0 bridgehead atoms. The van der Waals surface area contributed by atoms with E-state index in [9.17, 15) is 4.79 Å². The van der Waals surface area contributed by atoms with E-state index in [2.05, 4.69) is 5.32 Å². The Hall–Kier alpha value is -2.76. The summed E-state index contributed by atoms with van der Waals surface area (Å²) >= 11 is 2.92. The lowest BCUT2D eigenvalue weighted by atomic mass is 10.1. The van der Waals surface area contributed by atoms with E-state index in [1.165, 1.54) is 22.7 Å². The van der Waals surface area contributed by atoms with Crippen LogP contribution >= 0.6 is 22.7 Å². The number of hydrogen-bond donors (Lipinski definition) is 1. The van der Waals surface area contributed by atoms with Crippen molar-refractivity contribution >= 4 is 33.6 Å². The number of hydrogen-bond acceptors (Lipinski definition) is 4. The number of aromatic nitrogens is 1. The van der Waals surface area contributed by atoms with Gasteiger partial charge in [0.25, 0.3) is 5.91 Å². The SMILES string of the molecule is O=C(Nc1sc(-c2ccccc2)nc1-c1ccccc1)c1cccs1. The molecule has 0 unspecified atom stereocenters. The lowest BCUT2D eigenvalue weighted by Gasteiger charge is -2.03. The fraction of sp³-hybridized carbons (Fsp3) is 0. The quantitative estimate of drug-likeness (QED) is 0.499. The highest BCUT2D eigenvalue weighted by Gasteiger charge is 2.17. The van der Waals surface area contributed by atoms with Gasteiger partial charge in [-0.1, -0.05) is 78.1 Å². The molecule has 4 aromatic rings. The molecule has 0 radical (unpaired) electrons. The summed E-state index contributed by atoms with van der Waals surface area (Å²) in [7, 11) is 0. The summed E-state index contributed by atoms with van der Waals surface area (Å²) in [5, 5.41) is 6.58. The zero-order valence-corrected chi connectivity index (χ0v) is 14.8. The number of amides is 1. The van der Waals surface area contributed by atoms with E-state index in [4.69, 9.17) is 4.98 Å². The summed E-state index contributed by atoms with van der Waals surface area (Å²) in [6.45, 7) is 0. The van der Waals surface area contributed by atoms with Crippen LogP contribution in [0.1, 0.15) is 9.67 Å². The highest BCUT2D eigenvalue weighted by Crippen LogP contribution is 2.38.